The number of H-pyrrole nitrogens is 1. The van der Waals surface area contributed by atoms with E-state index in [0.717, 1.165) is 48.9 Å². The monoisotopic (exact) mass is 461 g/mol. The molecule has 1 fully saturated rings. The van der Waals surface area contributed by atoms with Gasteiger partial charge in [0.2, 0.25) is 11.8 Å². The number of aromatic amines is 1. The highest BCUT2D eigenvalue weighted by Crippen LogP contribution is 2.31. The molecule has 1 saturated carbocycles. The van der Waals surface area contributed by atoms with E-state index >= 15 is 0 Å². The number of benzene rings is 2. The van der Waals surface area contributed by atoms with Crippen LogP contribution in [0.5, 0.6) is 5.75 Å². The number of carbonyl (C=O) groups excluding carboxylic acids is 2. The largest absolute Gasteiger partial charge is 0.497 e. The number of para-hydroxylation sites is 1. The van der Waals surface area contributed by atoms with Crippen molar-refractivity contribution >= 4 is 22.7 Å². The minimum Gasteiger partial charge on any atom is -0.497 e. The molecule has 0 radical (unpaired) electrons. The van der Waals surface area contributed by atoms with Gasteiger partial charge in [0.25, 0.3) is 0 Å². The molecular formula is C28H35N3O3. The standard InChI is InChI=1S/C28H35N3O3/c1-3-4-16-31(28(33)22-11-12-22)20-27(32)30(19-21-9-13-24(34-2)14-10-21)17-15-23-18-29-26-8-6-5-7-25(23)26/h5-10,13-14,18,22,29H,3-4,11-12,15-17,19-20H2,1-2H3. The molecule has 34 heavy (non-hydrogen) atoms. The zero-order chi connectivity index (χ0) is 23.9. The highest BCUT2D eigenvalue weighted by Gasteiger charge is 2.34. The number of rotatable bonds is 12. The quantitative estimate of drug-likeness (QED) is 0.422. The van der Waals surface area contributed by atoms with Crippen LogP contribution in [0.4, 0.5) is 0 Å². The lowest BCUT2D eigenvalue weighted by molar-refractivity contribution is -0.141. The highest BCUT2D eigenvalue weighted by atomic mass is 16.5. The minimum absolute atomic E-state index is 0.000706. The van der Waals surface area contributed by atoms with Crippen LogP contribution >= 0.6 is 0 Å². The Hall–Kier alpha value is -3.28. The van der Waals surface area contributed by atoms with E-state index in [9.17, 15) is 9.59 Å². The van der Waals surface area contributed by atoms with Gasteiger partial charge in [0.1, 0.15) is 5.75 Å². The minimum atomic E-state index is 0.000706. The van der Waals surface area contributed by atoms with Crippen LogP contribution in [0.2, 0.25) is 0 Å². The van der Waals surface area contributed by atoms with Crippen LogP contribution in [-0.2, 0) is 22.6 Å². The number of nitrogens with zero attached hydrogens (tertiary/aromatic N) is 2. The number of ether oxygens (including phenoxy) is 1. The fraction of sp³-hybridized carbons (Fsp3) is 0.429. The van der Waals surface area contributed by atoms with Crippen LogP contribution in [-0.4, -0.2) is 53.3 Å². The van der Waals surface area contributed by atoms with Gasteiger partial charge in [-0.1, -0.05) is 43.7 Å². The first-order chi connectivity index (χ1) is 16.6. The van der Waals surface area contributed by atoms with Gasteiger partial charge in [-0.05, 0) is 55.0 Å². The first-order valence-corrected chi connectivity index (χ1v) is 12.3. The Balaban J connectivity index is 1.49. The summed E-state index contributed by atoms with van der Waals surface area (Å²) in [6.45, 7) is 4.00. The molecule has 0 unspecified atom stereocenters. The SMILES string of the molecule is CCCCN(CC(=O)N(CCc1c[nH]c2ccccc12)Cc1ccc(OC)cc1)C(=O)C1CC1. The number of unbranched alkanes of at least 4 members (excludes halogenated alkanes) is 1. The second kappa shape index (κ2) is 11.2. The molecule has 6 heteroatoms. The van der Waals surface area contributed by atoms with Gasteiger partial charge in [-0.15, -0.1) is 0 Å². The van der Waals surface area contributed by atoms with Gasteiger partial charge >= 0.3 is 0 Å². The number of methoxy groups -OCH3 is 1. The Labute approximate surface area is 201 Å². The van der Waals surface area contributed by atoms with Crippen molar-refractivity contribution in [3.63, 3.8) is 0 Å². The van der Waals surface area contributed by atoms with Gasteiger partial charge in [0.15, 0.2) is 0 Å². The molecule has 1 aliphatic rings. The third kappa shape index (κ3) is 5.99. The van der Waals surface area contributed by atoms with Crippen molar-refractivity contribution in [2.45, 2.75) is 45.6 Å². The fourth-order valence-electron chi connectivity index (χ4n) is 4.31. The predicted octanol–water partition coefficient (Wildman–Crippen LogP) is 4.79. The van der Waals surface area contributed by atoms with Crippen LogP contribution in [0.25, 0.3) is 10.9 Å². The van der Waals surface area contributed by atoms with Crippen molar-refractivity contribution in [1.29, 1.82) is 0 Å². The summed E-state index contributed by atoms with van der Waals surface area (Å²) < 4.78 is 5.28. The van der Waals surface area contributed by atoms with Crippen LogP contribution in [0.3, 0.4) is 0 Å². The second-order valence-electron chi connectivity index (χ2n) is 9.16. The van der Waals surface area contributed by atoms with E-state index in [4.69, 9.17) is 4.74 Å². The predicted molar refractivity (Wildman–Crippen MR) is 135 cm³/mol. The molecule has 0 spiro atoms. The maximum absolute atomic E-state index is 13.5. The van der Waals surface area contributed by atoms with Crippen molar-refractivity contribution in [3.8, 4) is 5.75 Å². The van der Waals surface area contributed by atoms with Crippen LogP contribution in [0, 0.1) is 5.92 Å². The van der Waals surface area contributed by atoms with Gasteiger partial charge in [0, 0.05) is 42.7 Å². The zero-order valence-corrected chi connectivity index (χ0v) is 20.3. The summed E-state index contributed by atoms with van der Waals surface area (Å²) in [5.74, 6) is 1.05. The lowest BCUT2D eigenvalue weighted by atomic mass is 10.1. The molecule has 0 saturated heterocycles. The molecule has 1 aliphatic carbocycles. The van der Waals surface area contributed by atoms with Crippen molar-refractivity contribution in [2.75, 3.05) is 26.7 Å². The Bertz CT molecular complexity index is 1100. The number of hydrogen-bond acceptors (Lipinski definition) is 3. The molecule has 3 aromatic rings. The summed E-state index contributed by atoms with van der Waals surface area (Å²) in [6, 6.07) is 16.1. The second-order valence-corrected chi connectivity index (χ2v) is 9.16. The summed E-state index contributed by atoms with van der Waals surface area (Å²) in [5.41, 5.74) is 3.34. The summed E-state index contributed by atoms with van der Waals surface area (Å²) in [4.78, 5) is 33.3. The van der Waals surface area contributed by atoms with E-state index in [1.54, 1.807) is 12.0 Å². The normalized spacial score (nSPS) is 13.1. The number of aromatic nitrogens is 1. The average molecular weight is 462 g/mol. The van der Waals surface area contributed by atoms with Crippen LogP contribution in [0.15, 0.2) is 54.7 Å². The van der Waals surface area contributed by atoms with Crippen molar-refractivity contribution < 1.29 is 14.3 Å². The third-order valence-corrected chi connectivity index (χ3v) is 6.56. The van der Waals surface area contributed by atoms with E-state index in [0.29, 0.717) is 19.6 Å². The number of amides is 2. The third-order valence-electron chi connectivity index (χ3n) is 6.56. The Kier molecular flexibility index (Phi) is 7.88. The molecule has 2 aromatic carbocycles. The molecule has 2 amide bonds. The summed E-state index contributed by atoms with van der Waals surface area (Å²) in [6.07, 6.45) is 6.60. The molecular weight excluding hydrogens is 426 g/mol. The molecule has 180 valence electrons. The topological polar surface area (TPSA) is 65.6 Å². The molecule has 1 N–H and O–H groups in total. The first kappa shape index (κ1) is 23.9. The maximum atomic E-state index is 13.5. The average Bonchev–Trinajstić information content (AvgIpc) is 3.64. The lowest BCUT2D eigenvalue weighted by Crippen LogP contribution is -2.44. The number of carbonyl (C=O) groups is 2. The molecule has 6 nitrogen and oxygen atoms in total. The lowest BCUT2D eigenvalue weighted by Gasteiger charge is -2.28. The van der Waals surface area contributed by atoms with Gasteiger partial charge in [-0.2, -0.15) is 0 Å². The van der Waals surface area contributed by atoms with E-state index in [1.165, 1.54) is 10.9 Å². The van der Waals surface area contributed by atoms with E-state index < -0.39 is 0 Å². The van der Waals surface area contributed by atoms with Gasteiger partial charge in [-0.25, -0.2) is 0 Å². The highest BCUT2D eigenvalue weighted by molar-refractivity contribution is 5.87. The number of nitrogens with one attached hydrogen (secondary N) is 1. The number of hydrogen-bond donors (Lipinski definition) is 1. The molecule has 4 rings (SSSR count). The Morgan fingerprint density at radius 2 is 1.79 bits per heavy atom. The molecule has 0 atom stereocenters. The summed E-state index contributed by atoms with van der Waals surface area (Å²) >= 11 is 0. The Morgan fingerprint density at radius 3 is 2.50 bits per heavy atom. The van der Waals surface area contributed by atoms with Gasteiger partial charge in [-0.3, -0.25) is 9.59 Å². The Morgan fingerprint density at radius 1 is 1.03 bits per heavy atom. The molecule has 1 aromatic heterocycles. The fourth-order valence-corrected chi connectivity index (χ4v) is 4.31. The summed E-state index contributed by atoms with van der Waals surface area (Å²) in [7, 11) is 1.65. The van der Waals surface area contributed by atoms with E-state index in [2.05, 4.69) is 24.0 Å². The van der Waals surface area contributed by atoms with Gasteiger partial charge in [0.05, 0.1) is 13.7 Å². The van der Waals surface area contributed by atoms with E-state index in [1.807, 2.05) is 47.5 Å². The van der Waals surface area contributed by atoms with Crippen molar-refractivity contribution in [3.05, 3.63) is 65.9 Å². The molecule has 0 bridgehead atoms. The maximum Gasteiger partial charge on any atom is 0.242 e. The molecule has 1 heterocycles. The van der Waals surface area contributed by atoms with Gasteiger partial charge < -0.3 is 19.5 Å². The number of fused-ring (bicyclic) bond motifs is 1. The van der Waals surface area contributed by atoms with Crippen molar-refractivity contribution in [1.82, 2.24) is 14.8 Å². The van der Waals surface area contributed by atoms with Crippen LogP contribution < -0.4 is 4.74 Å². The first-order valence-electron chi connectivity index (χ1n) is 12.3. The molecule has 0 aliphatic heterocycles. The van der Waals surface area contributed by atoms with Crippen LogP contribution in [0.1, 0.15) is 43.7 Å². The summed E-state index contributed by atoms with van der Waals surface area (Å²) in [5, 5.41) is 1.19. The van der Waals surface area contributed by atoms with Crippen molar-refractivity contribution in [2.24, 2.45) is 5.92 Å². The zero-order valence-electron chi connectivity index (χ0n) is 20.3. The smallest absolute Gasteiger partial charge is 0.242 e. The van der Waals surface area contributed by atoms with E-state index in [-0.39, 0.29) is 24.3 Å².